The summed E-state index contributed by atoms with van der Waals surface area (Å²) < 4.78 is 37.3. The number of aromatic nitrogens is 1. The summed E-state index contributed by atoms with van der Waals surface area (Å²) >= 11 is 0. The fraction of sp³-hybridized carbons (Fsp3) is 0.500. The molecule has 3 heterocycles. The molecule has 5 rings (SSSR count). The molecular weight excluding hydrogens is 601 g/mol. The van der Waals surface area contributed by atoms with Crippen LogP contribution in [-0.4, -0.2) is 85.7 Å². The minimum Gasteiger partial charge on any atom is -0.334 e. The summed E-state index contributed by atoms with van der Waals surface area (Å²) in [6, 6.07) is 18.0. The van der Waals surface area contributed by atoms with Gasteiger partial charge in [0.15, 0.2) is 9.84 Å². The van der Waals surface area contributed by atoms with Gasteiger partial charge in [-0.3, -0.25) is 9.88 Å². The summed E-state index contributed by atoms with van der Waals surface area (Å²) in [6.07, 6.45) is 10.1. The molecule has 248 valence electrons. The van der Waals surface area contributed by atoms with Crippen molar-refractivity contribution in [1.82, 2.24) is 25.0 Å². The molecular formula is C36H48FN5O3S. The van der Waals surface area contributed by atoms with Crippen molar-refractivity contribution in [3.8, 4) is 0 Å². The van der Waals surface area contributed by atoms with Crippen LogP contribution in [0.15, 0.2) is 78.0 Å². The quantitative estimate of drug-likeness (QED) is 0.271. The number of likely N-dealkylation sites (tertiary alicyclic amines) is 2. The predicted molar refractivity (Wildman–Crippen MR) is 180 cm³/mol. The molecule has 0 bridgehead atoms. The Balaban J connectivity index is 1.11. The van der Waals surface area contributed by atoms with E-state index in [0.29, 0.717) is 24.9 Å². The number of piperidine rings is 2. The van der Waals surface area contributed by atoms with Crippen molar-refractivity contribution in [1.29, 1.82) is 0 Å². The molecule has 2 aliphatic heterocycles. The molecule has 0 aliphatic carbocycles. The summed E-state index contributed by atoms with van der Waals surface area (Å²) in [6.45, 7) is 8.94. The fourth-order valence-corrected chi connectivity index (χ4v) is 7.76. The van der Waals surface area contributed by atoms with Gasteiger partial charge < -0.3 is 15.1 Å². The summed E-state index contributed by atoms with van der Waals surface area (Å²) in [5.74, 6) is 0.767. The van der Waals surface area contributed by atoms with E-state index in [1.807, 2.05) is 42.4 Å². The third-order valence-electron chi connectivity index (χ3n) is 9.78. The normalized spacial score (nSPS) is 17.9. The number of pyridine rings is 1. The minimum absolute atomic E-state index is 0.0839. The molecule has 2 saturated heterocycles. The van der Waals surface area contributed by atoms with Gasteiger partial charge in [-0.2, -0.15) is 0 Å². The second-order valence-corrected chi connectivity index (χ2v) is 14.9. The monoisotopic (exact) mass is 649 g/mol. The molecule has 3 aromatic rings. The van der Waals surface area contributed by atoms with Crippen molar-refractivity contribution >= 4 is 15.9 Å². The number of nitrogens with zero attached hydrogens (tertiary/aromatic N) is 4. The van der Waals surface area contributed by atoms with Crippen molar-refractivity contribution in [2.24, 2.45) is 5.92 Å². The number of halogens is 1. The van der Waals surface area contributed by atoms with Crippen LogP contribution in [0.4, 0.5) is 9.18 Å². The van der Waals surface area contributed by atoms with E-state index < -0.39 is 9.84 Å². The van der Waals surface area contributed by atoms with Gasteiger partial charge >= 0.3 is 6.03 Å². The number of hydrogen-bond acceptors (Lipinski definition) is 6. The predicted octanol–water partition coefficient (Wildman–Crippen LogP) is 5.71. The maximum atomic E-state index is 13.8. The molecule has 1 unspecified atom stereocenters. The standard InChI is InChI=1S/C36H48FN5O3S/c1-3-42(36(43)39-26-28-6-12-34(13-7-28)46(2,44)45)33-16-22-40(23-17-33)24-18-35(30-8-10-32(37)11-9-30)31-14-20-41(21-15-31)27-29-5-4-19-38-25-29/h4-13,19,25,31,33,35H,3,14-18,20-24,26-27H2,1-2H3,(H,39,43). The van der Waals surface area contributed by atoms with Crippen LogP contribution < -0.4 is 5.32 Å². The van der Waals surface area contributed by atoms with Crippen molar-refractivity contribution in [3.05, 3.63) is 95.6 Å². The largest absolute Gasteiger partial charge is 0.334 e. The first-order valence-corrected chi connectivity index (χ1v) is 18.5. The minimum atomic E-state index is -3.25. The number of sulfone groups is 1. The molecule has 2 aromatic carbocycles. The first-order valence-electron chi connectivity index (χ1n) is 16.6. The van der Waals surface area contributed by atoms with Crippen LogP contribution in [0, 0.1) is 11.7 Å². The zero-order chi connectivity index (χ0) is 32.5. The molecule has 2 aliphatic rings. The van der Waals surface area contributed by atoms with Gasteiger partial charge in [0, 0.05) is 57.4 Å². The summed E-state index contributed by atoms with van der Waals surface area (Å²) in [4.78, 5) is 24.6. The number of hydrogen-bond donors (Lipinski definition) is 1. The van der Waals surface area contributed by atoms with Crippen LogP contribution in [0.1, 0.15) is 61.6 Å². The SMILES string of the molecule is CCN(C(=O)NCc1ccc(S(C)(=O)=O)cc1)C1CCN(CCC(c2ccc(F)cc2)C2CCN(Cc3cccnc3)CC2)CC1. The Bertz CT molecular complexity index is 1490. The van der Waals surface area contributed by atoms with Crippen LogP contribution in [0.5, 0.6) is 0 Å². The van der Waals surface area contributed by atoms with E-state index in [2.05, 4.69) is 26.2 Å². The van der Waals surface area contributed by atoms with E-state index in [0.717, 1.165) is 76.9 Å². The average Bonchev–Trinajstić information content (AvgIpc) is 3.06. The smallest absolute Gasteiger partial charge is 0.317 e. The van der Waals surface area contributed by atoms with Crippen LogP contribution >= 0.6 is 0 Å². The van der Waals surface area contributed by atoms with Gasteiger partial charge in [0.05, 0.1) is 4.90 Å². The summed E-state index contributed by atoms with van der Waals surface area (Å²) in [5.41, 5.74) is 3.35. The molecule has 1 N–H and O–H groups in total. The van der Waals surface area contributed by atoms with E-state index >= 15 is 0 Å². The molecule has 0 saturated carbocycles. The molecule has 10 heteroatoms. The fourth-order valence-electron chi connectivity index (χ4n) is 7.13. The van der Waals surface area contributed by atoms with E-state index in [4.69, 9.17) is 0 Å². The molecule has 1 atom stereocenters. The van der Waals surface area contributed by atoms with Gasteiger partial charge in [-0.25, -0.2) is 17.6 Å². The van der Waals surface area contributed by atoms with E-state index in [1.54, 1.807) is 36.4 Å². The average molecular weight is 650 g/mol. The maximum absolute atomic E-state index is 13.8. The van der Waals surface area contributed by atoms with Gasteiger partial charge in [0.25, 0.3) is 0 Å². The van der Waals surface area contributed by atoms with Crippen LogP contribution in [0.25, 0.3) is 0 Å². The second kappa shape index (κ2) is 16.0. The first-order chi connectivity index (χ1) is 22.2. The topological polar surface area (TPSA) is 85.8 Å². The zero-order valence-corrected chi connectivity index (χ0v) is 28.0. The van der Waals surface area contributed by atoms with Crippen molar-refractivity contribution < 1.29 is 17.6 Å². The Morgan fingerprint density at radius 1 is 0.957 bits per heavy atom. The Hall–Kier alpha value is -3.34. The van der Waals surface area contributed by atoms with Crippen LogP contribution in [0.3, 0.4) is 0 Å². The number of nitrogens with one attached hydrogen (secondary N) is 1. The highest BCUT2D eigenvalue weighted by molar-refractivity contribution is 7.90. The molecule has 1 aromatic heterocycles. The van der Waals surface area contributed by atoms with Crippen molar-refractivity contribution in [2.75, 3.05) is 45.5 Å². The summed E-state index contributed by atoms with van der Waals surface area (Å²) in [5, 5.41) is 3.02. The van der Waals surface area contributed by atoms with Gasteiger partial charge in [0.2, 0.25) is 0 Å². The van der Waals surface area contributed by atoms with Gasteiger partial charge in [-0.15, -0.1) is 0 Å². The Morgan fingerprint density at radius 3 is 2.24 bits per heavy atom. The van der Waals surface area contributed by atoms with Gasteiger partial charge in [-0.1, -0.05) is 30.3 Å². The highest BCUT2D eigenvalue weighted by Crippen LogP contribution is 2.36. The van der Waals surface area contributed by atoms with Crippen LogP contribution in [0.2, 0.25) is 0 Å². The Labute approximate surface area is 273 Å². The molecule has 2 amide bonds. The zero-order valence-electron chi connectivity index (χ0n) is 27.2. The Kier molecular flexibility index (Phi) is 11.8. The number of carbonyl (C=O) groups is 1. The third kappa shape index (κ3) is 9.36. The molecule has 0 radical (unpaired) electrons. The van der Waals surface area contributed by atoms with E-state index in [-0.39, 0.29) is 22.8 Å². The lowest BCUT2D eigenvalue weighted by atomic mass is 9.78. The highest BCUT2D eigenvalue weighted by Gasteiger charge is 2.30. The highest BCUT2D eigenvalue weighted by atomic mass is 32.2. The maximum Gasteiger partial charge on any atom is 0.317 e. The molecule has 8 nitrogen and oxygen atoms in total. The van der Waals surface area contributed by atoms with Crippen molar-refractivity contribution in [2.45, 2.75) is 69.0 Å². The van der Waals surface area contributed by atoms with E-state index in [1.165, 1.54) is 17.4 Å². The number of carbonyl (C=O) groups excluding carboxylic acids is 1. The molecule has 46 heavy (non-hydrogen) atoms. The number of benzene rings is 2. The number of urea groups is 1. The third-order valence-corrected chi connectivity index (χ3v) is 10.9. The lowest BCUT2D eigenvalue weighted by Gasteiger charge is -2.40. The lowest BCUT2D eigenvalue weighted by molar-refractivity contribution is 0.115. The molecule has 0 spiro atoms. The van der Waals surface area contributed by atoms with E-state index in [9.17, 15) is 17.6 Å². The summed E-state index contributed by atoms with van der Waals surface area (Å²) in [7, 11) is -3.25. The van der Waals surface area contributed by atoms with Crippen molar-refractivity contribution in [3.63, 3.8) is 0 Å². The second-order valence-electron chi connectivity index (χ2n) is 12.9. The van der Waals surface area contributed by atoms with Crippen LogP contribution in [-0.2, 0) is 22.9 Å². The number of amides is 2. The van der Waals surface area contributed by atoms with Gasteiger partial charge in [0.1, 0.15) is 5.82 Å². The lowest BCUT2D eigenvalue weighted by Crippen LogP contribution is -2.50. The molecule has 2 fully saturated rings. The number of rotatable bonds is 12. The Morgan fingerprint density at radius 2 is 1.63 bits per heavy atom. The first kappa shape index (κ1) is 34.0. The van der Waals surface area contributed by atoms with Gasteiger partial charge in [-0.05, 0) is 118 Å².